The van der Waals surface area contributed by atoms with Gasteiger partial charge in [-0.25, -0.2) is 0 Å². The summed E-state index contributed by atoms with van der Waals surface area (Å²) in [6.07, 6.45) is 1.57. The topological polar surface area (TPSA) is 57.8 Å². The van der Waals surface area contributed by atoms with E-state index in [1.54, 1.807) is 0 Å². The molecule has 4 nitrogen and oxygen atoms in total. The summed E-state index contributed by atoms with van der Waals surface area (Å²) in [5, 5.41) is 10.7. The van der Waals surface area contributed by atoms with E-state index in [-0.39, 0.29) is 11.8 Å². The summed E-state index contributed by atoms with van der Waals surface area (Å²) in [6.45, 7) is 0. The van der Waals surface area contributed by atoms with Crippen LogP contribution in [0.15, 0.2) is 54.6 Å². The van der Waals surface area contributed by atoms with Crippen molar-refractivity contribution in [2.75, 3.05) is 5.32 Å². The Morgan fingerprint density at radius 2 is 1.83 bits per heavy atom. The van der Waals surface area contributed by atoms with Gasteiger partial charge in [-0.15, -0.1) is 0 Å². The number of nitrogens with one attached hydrogen (secondary N) is 2. The Kier molecular flexibility index (Phi) is 3.82. The van der Waals surface area contributed by atoms with Gasteiger partial charge < -0.3 is 5.32 Å². The highest BCUT2D eigenvalue weighted by Gasteiger charge is 2.27. The first-order chi connectivity index (χ1) is 11.7. The molecule has 2 aromatic carbocycles. The van der Waals surface area contributed by atoms with Crippen molar-refractivity contribution in [1.82, 2.24) is 10.2 Å². The molecule has 1 amide bonds. The lowest BCUT2D eigenvalue weighted by molar-refractivity contribution is -0.119. The Balaban J connectivity index is 1.46. The highest BCUT2D eigenvalue weighted by atomic mass is 35.5. The summed E-state index contributed by atoms with van der Waals surface area (Å²) in [5.74, 6) is 0.509. The van der Waals surface area contributed by atoms with Crippen LogP contribution in [0.3, 0.4) is 0 Å². The molecule has 24 heavy (non-hydrogen) atoms. The lowest BCUT2D eigenvalue weighted by atomic mass is 10.1. The maximum absolute atomic E-state index is 12.5. The number of carbonyl (C=O) groups is 1. The minimum absolute atomic E-state index is 0.00958. The fraction of sp³-hybridized carbons (Fsp3) is 0.158. The average molecular weight is 338 g/mol. The fourth-order valence-corrected chi connectivity index (χ4v) is 3.35. The molecule has 4 rings (SSSR count). The second-order valence-corrected chi connectivity index (χ2v) is 6.48. The summed E-state index contributed by atoms with van der Waals surface area (Å²) in [4.78, 5) is 12.5. The standard InChI is InChI=1S/C19H16ClN3O/c20-16-7-3-6-14(10-16)17-11-18(23-22-17)21-19(24)15-8-12-4-1-2-5-13(12)9-15/h1-7,10-11,15H,8-9H2,(H2,21,22,23,24). The molecule has 0 unspecified atom stereocenters. The van der Waals surface area contributed by atoms with Crippen molar-refractivity contribution in [1.29, 1.82) is 0 Å². The van der Waals surface area contributed by atoms with Crippen LogP contribution in [-0.2, 0) is 17.6 Å². The monoisotopic (exact) mass is 337 g/mol. The zero-order valence-electron chi connectivity index (χ0n) is 12.9. The summed E-state index contributed by atoms with van der Waals surface area (Å²) < 4.78 is 0. The number of fused-ring (bicyclic) bond motifs is 1. The molecule has 0 atom stereocenters. The lowest BCUT2D eigenvalue weighted by Gasteiger charge is -2.07. The van der Waals surface area contributed by atoms with Gasteiger partial charge in [0.05, 0.1) is 5.69 Å². The quantitative estimate of drug-likeness (QED) is 0.756. The van der Waals surface area contributed by atoms with Crippen LogP contribution < -0.4 is 5.32 Å². The SMILES string of the molecule is O=C(Nc1cc(-c2cccc(Cl)c2)[nH]n1)C1Cc2ccccc2C1. The fourth-order valence-electron chi connectivity index (χ4n) is 3.16. The molecule has 0 fully saturated rings. The number of aromatic amines is 1. The molecular formula is C19H16ClN3O. The number of anilines is 1. The first kappa shape index (κ1) is 15.0. The van der Waals surface area contributed by atoms with E-state index in [0.717, 1.165) is 24.1 Å². The van der Waals surface area contributed by atoms with Gasteiger partial charge in [0.2, 0.25) is 5.91 Å². The van der Waals surface area contributed by atoms with Gasteiger partial charge >= 0.3 is 0 Å². The van der Waals surface area contributed by atoms with Crippen LogP contribution in [0.4, 0.5) is 5.82 Å². The van der Waals surface area contributed by atoms with E-state index in [0.29, 0.717) is 10.8 Å². The number of hydrogen-bond acceptors (Lipinski definition) is 2. The van der Waals surface area contributed by atoms with Crippen molar-refractivity contribution >= 4 is 23.3 Å². The Morgan fingerprint density at radius 1 is 1.08 bits per heavy atom. The van der Waals surface area contributed by atoms with Gasteiger partial charge in [0, 0.05) is 22.6 Å². The Morgan fingerprint density at radius 3 is 2.54 bits per heavy atom. The van der Waals surface area contributed by atoms with Gasteiger partial charge in [-0.2, -0.15) is 5.10 Å². The second kappa shape index (κ2) is 6.13. The largest absolute Gasteiger partial charge is 0.309 e. The number of aromatic nitrogens is 2. The molecule has 3 aromatic rings. The molecule has 0 radical (unpaired) electrons. The third kappa shape index (κ3) is 2.93. The molecule has 1 aromatic heterocycles. The Bertz CT molecular complexity index is 878. The number of H-pyrrole nitrogens is 1. The molecule has 0 aliphatic heterocycles. The van der Waals surface area contributed by atoms with E-state index in [1.165, 1.54) is 11.1 Å². The zero-order valence-corrected chi connectivity index (χ0v) is 13.7. The summed E-state index contributed by atoms with van der Waals surface area (Å²) >= 11 is 6.01. The van der Waals surface area contributed by atoms with Crippen molar-refractivity contribution in [2.24, 2.45) is 5.92 Å². The number of benzene rings is 2. The molecule has 120 valence electrons. The number of carbonyl (C=O) groups excluding carboxylic acids is 1. The number of amides is 1. The van der Waals surface area contributed by atoms with Crippen LogP contribution in [0.25, 0.3) is 11.3 Å². The van der Waals surface area contributed by atoms with Crippen molar-refractivity contribution in [3.8, 4) is 11.3 Å². The van der Waals surface area contributed by atoms with Gasteiger partial charge in [-0.05, 0) is 36.1 Å². The van der Waals surface area contributed by atoms with Crippen LogP contribution in [0.1, 0.15) is 11.1 Å². The Hall–Kier alpha value is -2.59. The summed E-state index contributed by atoms with van der Waals surface area (Å²) in [5.41, 5.74) is 4.28. The zero-order chi connectivity index (χ0) is 16.5. The number of rotatable bonds is 3. The minimum Gasteiger partial charge on any atom is -0.309 e. The molecule has 1 heterocycles. The predicted molar refractivity (Wildman–Crippen MR) is 95.0 cm³/mol. The van der Waals surface area contributed by atoms with E-state index in [1.807, 2.05) is 42.5 Å². The van der Waals surface area contributed by atoms with Gasteiger partial charge in [0.15, 0.2) is 5.82 Å². The van der Waals surface area contributed by atoms with Crippen LogP contribution in [0.5, 0.6) is 0 Å². The van der Waals surface area contributed by atoms with Crippen LogP contribution in [0, 0.1) is 5.92 Å². The maximum Gasteiger partial charge on any atom is 0.229 e. The molecule has 2 N–H and O–H groups in total. The summed E-state index contributed by atoms with van der Waals surface area (Å²) in [7, 11) is 0. The van der Waals surface area contributed by atoms with Crippen molar-refractivity contribution in [3.63, 3.8) is 0 Å². The summed E-state index contributed by atoms with van der Waals surface area (Å²) in [6, 6.07) is 17.5. The maximum atomic E-state index is 12.5. The molecule has 0 saturated heterocycles. The van der Waals surface area contributed by atoms with Gasteiger partial charge in [-0.1, -0.05) is 48.0 Å². The minimum atomic E-state index is -0.0336. The third-order valence-corrected chi connectivity index (χ3v) is 4.62. The first-order valence-corrected chi connectivity index (χ1v) is 8.26. The molecule has 0 saturated carbocycles. The van der Waals surface area contributed by atoms with Gasteiger partial charge in [0.25, 0.3) is 0 Å². The van der Waals surface area contributed by atoms with Crippen molar-refractivity contribution < 1.29 is 4.79 Å². The van der Waals surface area contributed by atoms with Gasteiger partial charge in [-0.3, -0.25) is 9.89 Å². The molecular weight excluding hydrogens is 322 g/mol. The van der Waals surface area contributed by atoms with E-state index >= 15 is 0 Å². The van der Waals surface area contributed by atoms with Crippen molar-refractivity contribution in [2.45, 2.75) is 12.8 Å². The second-order valence-electron chi connectivity index (χ2n) is 6.04. The molecule has 0 spiro atoms. The highest BCUT2D eigenvalue weighted by Crippen LogP contribution is 2.28. The number of hydrogen-bond donors (Lipinski definition) is 2. The van der Waals surface area contributed by atoms with E-state index in [2.05, 4.69) is 27.6 Å². The number of halogens is 1. The number of nitrogens with zero attached hydrogens (tertiary/aromatic N) is 1. The smallest absolute Gasteiger partial charge is 0.229 e. The lowest BCUT2D eigenvalue weighted by Crippen LogP contribution is -2.23. The van der Waals surface area contributed by atoms with E-state index in [9.17, 15) is 4.79 Å². The molecule has 5 heteroatoms. The Labute approximate surface area is 144 Å². The highest BCUT2D eigenvalue weighted by molar-refractivity contribution is 6.30. The molecule has 0 bridgehead atoms. The predicted octanol–water partition coefficient (Wildman–Crippen LogP) is 4.08. The third-order valence-electron chi connectivity index (χ3n) is 4.39. The van der Waals surface area contributed by atoms with E-state index < -0.39 is 0 Å². The normalized spacial score (nSPS) is 13.7. The van der Waals surface area contributed by atoms with Gasteiger partial charge in [0.1, 0.15) is 0 Å². The average Bonchev–Trinajstić information content (AvgIpc) is 3.21. The van der Waals surface area contributed by atoms with Crippen molar-refractivity contribution in [3.05, 3.63) is 70.7 Å². The first-order valence-electron chi connectivity index (χ1n) is 7.88. The van der Waals surface area contributed by atoms with Crippen LogP contribution in [-0.4, -0.2) is 16.1 Å². The van der Waals surface area contributed by atoms with Crippen LogP contribution in [0.2, 0.25) is 5.02 Å². The van der Waals surface area contributed by atoms with Crippen LogP contribution >= 0.6 is 11.6 Å². The molecule has 1 aliphatic carbocycles. The molecule has 1 aliphatic rings. The van der Waals surface area contributed by atoms with E-state index in [4.69, 9.17) is 11.6 Å².